The highest BCUT2D eigenvalue weighted by Crippen LogP contribution is 2.29. The zero-order chi connectivity index (χ0) is 26.4. The molecule has 0 aliphatic heterocycles. The molecule has 0 unspecified atom stereocenters. The van der Waals surface area contributed by atoms with Crippen LogP contribution in [0.4, 0.5) is 5.69 Å². The molecule has 0 saturated carbocycles. The van der Waals surface area contributed by atoms with Crippen molar-refractivity contribution in [2.24, 2.45) is 0 Å². The van der Waals surface area contributed by atoms with Gasteiger partial charge in [0.2, 0.25) is 15.9 Å². The van der Waals surface area contributed by atoms with Gasteiger partial charge in [-0.05, 0) is 66.9 Å². The van der Waals surface area contributed by atoms with Gasteiger partial charge in [-0.3, -0.25) is 9.10 Å². The molecule has 1 N–H and O–H groups in total. The van der Waals surface area contributed by atoms with Gasteiger partial charge < -0.3 is 10.1 Å². The smallest absolute Gasteiger partial charge is 0.244 e. The van der Waals surface area contributed by atoms with Crippen molar-refractivity contribution in [1.82, 2.24) is 5.32 Å². The van der Waals surface area contributed by atoms with E-state index in [0.29, 0.717) is 17.2 Å². The number of anilines is 1. The van der Waals surface area contributed by atoms with Crippen LogP contribution in [0.1, 0.15) is 29.7 Å². The summed E-state index contributed by atoms with van der Waals surface area (Å²) in [5.41, 5.74) is 3.25. The normalized spacial score (nSPS) is 12.8. The first-order chi connectivity index (χ1) is 17.7. The quantitative estimate of drug-likeness (QED) is 0.304. The van der Waals surface area contributed by atoms with E-state index in [2.05, 4.69) is 5.32 Å². The summed E-state index contributed by atoms with van der Waals surface area (Å²) in [5, 5.41) is 3.09. The van der Waals surface area contributed by atoms with Crippen molar-refractivity contribution in [3.05, 3.63) is 126 Å². The SMILES string of the molecule is Cc1ccccc1[C@@H](NC(=O)[C@H](C)N(c1ccc(Oc2ccccc2)cc1)S(C)(=O)=O)c1ccccc1. The summed E-state index contributed by atoms with van der Waals surface area (Å²) >= 11 is 0. The van der Waals surface area contributed by atoms with Crippen molar-refractivity contribution in [3.8, 4) is 11.5 Å². The van der Waals surface area contributed by atoms with Crippen molar-refractivity contribution in [3.63, 3.8) is 0 Å². The highest BCUT2D eigenvalue weighted by Gasteiger charge is 2.31. The minimum Gasteiger partial charge on any atom is -0.457 e. The molecule has 0 aliphatic rings. The molecule has 0 heterocycles. The number of rotatable bonds is 9. The Kier molecular flexibility index (Phi) is 7.94. The van der Waals surface area contributed by atoms with Gasteiger partial charge in [-0.15, -0.1) is 0 Å². The van der Waals surface area contributed by atoms with Crippen molar-refractivity contribution in [2.75, 3.05) is 10.6 Å². The summed E-state index contributed by atoms with van der Waals surface area (Å²) in [6, 6.07) is 32.0. The van der Waals surface area contributed by atoms with E-state index in [1.165, 1.54) is 0 Å². The third kappa shape index (κ3) is 6.37. The van der Waals surface area contributed by atoms with E-state index in [-0.39, 0.29) is 0 Å². The first kappa shape index (κ1) is 26.0. The number of benzene rings is 4. The lowest BCUT2D eigenvalue weighted by atomic mass is 9.94. The third-order valence-corrected chi connectivity index (χ3v) is 7.32. The summed E-state index contributed by atoms with van der Waals surface area (Å²) in [7, 11) is -3.78. The van der Waals surface area contributed by atoms with E-state index in [4.69, 9.17) is 4.74 Å². The minimum absolute atomic E-state index is 0.373. The summed E-state index contributed by atoms with van der Waals surface area (Å²) in [5.74, 6) is 0.822. The summed E-state index contributed by atoms with van der Waals surface area (Å²) < 4.78 is 32.7. The van der Waals surface area contributed by atoms with Crippen LogP contribution in [-0.4, -0.2) is 26.6 Å². The first-order valence-electron chi connectivity index (χ1n) is 12.0. The zero-order valence-electron chi connectivity index (χ0n) is 21.0. The Morgan fingerprint density at radius 3 is 1.92 bits per heavy atom. The number of ether oxygens (including phenoxy) is 1. The molecule has 6 nitrogen and oxygen atoms in total. The maximum absolute atomic E-state index is 13.5. The molecule has 0 spiro atoms. The third-order valence-electron chi connectivity index (χ3n) is 6.08. The van der Waals surface area contributed by atoms with Gasteiger partial charge in [0.25, 0.3) is 0 Å². The largest absolute Gasteiger partial charge is 0.457 e. The number of aryl methyl sites for hydroxylation is 1. The Morgan fingerprint density at radius 2 is 1.32 bits per heavy atom. The number of amides is 1. The van der Waals surface area contributed by atoms with Gasteiger partial charge in [0.15, 0.2) is 0 Å². The lowest BCUT2D eigenvalue weighted by Crippen LogP contribution is -2.48. The molecule has 4 aromatic carbocycles. The van der Waals surface area contributed by atoms with Gasteiger partial charge in [-0.1, -0.05) is 72.8 Å². The second-order valence-corrected chi connectivity index (χ2v) is 10.7. The van der Waals surface area contributed by atoms with Crippen LogP contribution in [0.25, 0.3) is 0 Å². The van der Waals surface area contributed by atoms with E-state index in [0.717, 1.165) is 27.3 Å². The Labute approximate surface area is 218 Å². The number of nitrogens with one attached hydrogen (secondary N) is 1. The van der Waals surface area contributed by atoms with Crippen molar-refractivity contribution >= 4 is 21.6 Å². The van der Waals surface area contributed by atoms with E-state index < -0.39 is 28.0 Å². The van der Waals surface area contributed by atoms with Crippen molar-refractivity contribution in [2.45, 2.75) is 25.9 Å². The van der Waals surface area contributed by atoms with Crippen LogP contribution >= 0.6 is 0 Å². The van der Waals surface area contributed by atoms with Gasteiger partial charge in [-0.25, -0.2) is 8.42 Å². The maximum atomic E-state index is 13.5. The lowest BCUT2D eigenvalue weighted by Gasteiger charge is -2.30. The Balaban J connectivity index is 1.60. The van der Waals surface area contributed by atoms with Gasteiger partial charge in [0.05, 0.1) is 18.0 Å². The highest BCUT2D eigenvalue weighted by atomic mass is 32.2. The van der Waals surface area contributed by atoms with Gasteiger partial charge in [-0.2, -0.15) is 0 Å². The Morgan fingerprint density at radius 1 is 0.784 bits per heavy atom. The predicted molar refractivity (Wildman–Crippen MR) is 147 cm³/mol. The molecule has 37 heavy (non-hydrogen) atoms. The van der Waals surface area contributed by atoms with Gasteiger partial charge >= 0.3 is 0 Å². The molecule has 0 aliphatic carbocycles. The number of carbonyl (C=O) groups is 1. The fourth-order valence-electron chi connectivity index (χ4n) is 4.25. The first-order valence-corrected chi connectivity index (χ1v) is 13.8. The number of hydrogen-bond donors (Lipinski definition) is 1. The number of carbonyl (C=O) groups excluding carboxylic acids is 1. The van der Waals surface area contributed by atoms with Crippen LogP contribution in [0.2, 0.25) is 0 Å². The molecule has 4 aromatic rings. The summed E-state index contributed by atoms with van der Waals surface area (Å²) in [4.78, 5) is 13.5. The molecule has 0 aromatic heterocycles. The van der Waals surface area contributed by atoms with Crippen LogP contribution in [0, 0.1) is 6.92 Å². The van der Waals surface area contributed by atoms with Crippen LogP contribution in [0.5, 0.6) is 11.5 Å². The topological polar surface area (TPSA) is 75.7 Å². The number of nitrogens with zero attached hydrogens (tertiary/aromatic N) is 1. The summed E-state index contributed by atoms with van der Waals surface area (Å²) in [6.45, 7) is 3.58. The monoisotopic (exact) mass is 514 g/mol. The highest BCUT2D eigenvalue weighted by molar-refractivity contribution is 7.92. The molecule has 190 valence electrons. The van der Waals surface area contributed by atoms with Gasteiger partial charge in [0.1, 0.15) is 17.5 Å². The second kappa shape index (κ2) is 11.3. The molecule has 7 heteroatoms. The average Bonchev–Trinajstić information content (AvgIpc) is 2.89. The van der Waals surface area contributed by atoms with Crippen LogP contribution in [0.15, 0.2) is 109 Å². The molecular weight excluding hydrogens is 484 g/mol. The number of para-hydroxylation sites is 1. The average molecular weight is 515 g/mol. The molecule has 0 saturated heterocycles. The number of hydrogen-bond acceptors (Lipinski definition) is 4. The molecule has 1 amide bonds. The van der Waals surface area contributed by atoms with Crippen molar-refractivity contribution in [1.29, 1.82) is 0 Å². The van der Waals surface area contributed by atoms with Crippen LogP contribution in [-0.2, 0) is 14.8 Å². The second-order valence-electron chi connectivity index (χ2n) is 8.85. The standard InChI is InChI=1S/C30H30N2O4S/c1-22-12-10-11-17-28(22)29(24-13-6-4-7-14-24)31-30(33)23(2)32(37(3,34)35)25-18-20-27(21-19-25)36-26-15-8-5-9-16-26/h4-21,23,29H,1-3H3,(H,31,33)/t23-,29-/m0/s1. The molecule has 2 atom stereocenters. The molecule has 0 fully saturated rings. The van der Waals surface area contributed by atoms with E-state index >= 15 is 0 Å². The van der Waals surface area contributed by atoms with E-state index in [1.54, 1.807) is 31.2 Å². The molecule has 0 bridgehead atoms. The Hall–Kier alpha value is -4.10. The zero-order valence-corrected chi connectivity index (χ0v) is 21.9. The summed E-state index contributed by atoms with van der Waals surface area (Å²) in [6.07, 6.45) is 1.10. The van der Waals surface area contributed by atoms with E-state index in [1.807, 2.05) is 91.9 Å². The van der Waals surface area contributed by atoms with E-state index in [9.17, 15) is 13.2 Å². The fraction of sp³-hybridized carbons (Fsp3) is 0.167. The molecule has 4 rings (SSSR count). The maximum Gasteiger partial charge on any atom is 0.244 e. The molecule has 0 radical (unpaired) electrons. The Bertz CT molecular complexity index is 1440. The van der Waals surface area contributed by atoms with Gasteiger partial charge in [0, 0.05) is 0 Å². The van der Waals surface area contributed by atoms with Crippen LogP contribution in [0.3, 0.4) is 0 Å². The predicted octanol–water partition coefficient (Wildman–Crippen LogP) is 5.85. The van der Waals surface area contributed by atoms with Crippen molar-refractivity contribution < 1.29 is 17.9 Å². The number of sulfonamides is 1. The lowest BCUT2D eigenvalue weighted by molar-refractivity contribution is -0.122. The fourth-order valence-corrected chi connectivity index (χ4v) is 5.43. The minimum atomic E-state index is -3.78. The molecular formula is C30H30N2O4S. The van der Waals surface area contributed by atoms with Crippen LogP contribution < -0.4 is 14.4 Å².